The van der Waals surface area contributed by atoms with Crippen LogP contribution in [0.5, 0.6) is 0 Å². The number of hydrogen-bond acceptors (Lipinski definition) is 5. The Balaban J connectivity index is 2.25. The molecular weight excluding hydrogens is 290 g/mol. The molecule has 0 bridgehead atoms. The Bertz CT molecular complexity index is 643. The maximum absolute atomic E-state index is 12.1. The zero-order chi connectivity index (χ0) is 14.8. The van der Waals surface area contributed by atoms with Gasteiger partial charge in [0.15, 0.2) is 5.16 Å². The molecule has 0 aliphatic heterocycles. The quantitative estimate of drug-likeness (QED) is 0.635. The second-order valence-electron chi connectivity index (χ2n) is 5.01. The minimum absolute atomic E-state index is 0.0518. The van der Waals surface area contributed by atoms with Gasteiger partial charge in [-0.2, -0.15) is 0 Å². The largest absolute Gasteiger partial charge is 0.324 e. The highest BCUT2D eigenvalue weighted by atomic mass is 32.2. The maximum atomic E-state index is 12.1. The van der Waals surface area contributed by atoms with Crippen molar-refractivity contribution in [3.63, 3.8) is 0 Å². The molecule has 4 nitrogen and oxygen atoms in total. The lowest BCUT2D eigenvalue weighted by Gasteiger charge is -2.25. The van der Waals surface area contributed by atoms with Crippen molar-refractivity contribution < 1.29 is 0 Å². The molecule has 0 aliphatic carbocycles. The first-order chi connectivity index (χ1) is 9.51. The third kappa shape index (κ3) is 3.24. The van der Waals surface area contributed by atoms with Crippen LogP contribution in [0.1, 0.15) is 38.5 Å². The van der Waals surface area contributed by atoms with Crippen LogP contribution in [0.2, 0.25) is 0 Å². The third-order valence-corrected chi connectivity index (χ3v) is 6.04. The Kier molecular flexibility index (Phi) is 4.88. The Morgan fingerprint density at radius 1 is 1.40 bits per heavy atom. The molecule has 0 fully saturated rings. The zero-order valence-electron chi connectivity index (χ0n) is 12.2. The highest BCUT2D eigenvalue weighted by Gasteiger charge is 2.21. The van der Waals surface area contributed by atoms with Crippen LogP contribution in [0, 0.1) is 0 Å². The van der Waals surface area contributed by atoms with Gasteiger partial charge in [-0.1, -0.05) is 32.5 Å². The van der Waals surface area contributed by atoms with Crippen LogP contribution in [0.15, 0.2) is 16.0 Å². The van der Waals surface area contributed by atoms with Crippen LogP contribution in [0.4, 0.5) is 0 Å². The summed E-state index contributed by atoms with van der Waals surface area (Å²) in [6.07, 6.45) is 2.77. The summed E-state index contributed by atoms with van der Waals surface area (Å²) in [5.74, 6) is 0.764. The van der Waals surface area contributed by atoms with Crippen molar-refractivity contribution in [3.05, 3.63) is 21.3 Å². The van der Waals surface area contributed by atoms with Gasteiger partial charge in [-0.05, 0) is 25.3 Å². The highest BCUT2D eigenvalue weighted by molar-refractivity contribution is 7.99. The second kappa shape index (κ2) is 6.28. The first-order valence-electron chi connectivity index (χ1n) is 6.95. The minimum Gasteiger partial charge on any atom is -0.324 e. The number of rotatable bonds is 6. The molecule has 0 aromatic carbocycles. The van der Waals surface area contributed by atoms with Gasteiger partial charge in [-0.15, -0.1) is 11.3 Å². The van der Waals surface area contributed by atoms with E-state index < -0.39 is 0 Å². The molecule has 0 unspecified atom stereocenters. The minimum atomic E-state index is -0.192. The van der Waals surface area contributed by atoms with Crippen molar-refractivity contribution in [1.82, 2.24) is 9.97 Å². The number of aryl methyl sites for hydroxylation is 1. The van der Waals surface area contributed by atoms with Crippen LogP contribution in [0.3, 0.4) is 0 Å². The Morgan fingerprint density at radius 3 is 2.70 bits per heavy atom. The third-order valence-electron chi connectivity index (χ3n) is 3.68. The van der Waals surface area contributed by atoms with Crippen molar-refractivity contribution in [2.45, 2.75) is 50.7 Å². The standard InChI is InChI=1S/C14H21N3OS2/c1-4-9-7-10-11(18)16-13(17-12(10)20-9)19-8-14(15,5-2)6-3/h7H,4-6,8,15H2,1-3H3,(H,16,17,18). The van der Waals surface area contributed by atoms with E-state index in [-0.39, 0.29) is 11.1 Å². The van der Waals surface area contributed by atoms with Gasteiger partial charge in [0.25, 0.3) is 5.56 Å². The van der Waals surface area contributed by atoms with E-state index in [1.807, 2.05) is 6.07 Å². The summed E-state index contributed by atoms with van der Waals surface area (Å²) in [5.41, 5.74) is 6.04. The molecule has 0 atom stereocenters. The lowest BCUT2D eigenvalue weighted by molar-refractivity contribution is 0.446. The van der Waals surface area contributed by atoms with Crippen molar-refractivity contribution in [3.8, 4) is 0 Å². The summed E-state index contributed by atoms with van der Waals surface area (Å²) < 4.78 is 0. The van der Waals surface area contributed by atoms with Crippen LogP contribution in [0.25, 0.3) is 10.2 Å². The van der Waals surface area contributed by atoms with E-state index in [0.717, 1.165) is 29.8 Å². The number of aromatic amines is 1. The van der Waals surface area contributed by atoms with Gasteiger partial charge in [-0.3, -0.25) is 4.79 Å². The molecule has 2 heterocycles. The van der Waals surface area contributed by atoms with Crippen LogP contribution < -0.4 is 11.3 Å². The number of nitrogens with two attached hydrogens (primary N) is 1. The van der Waals surface area contributed by atoms with E-state index in [1.54, 1.807) is 11.3 Å². The van der Waals surface area contributed by atoms with Gasteiger partial charge in [0.1, 0.15) is 4.83 Å². The summed E-state index contributed by atoms with van der Waals surface area (Å²) in [5, 5.41) is 1.37. The number of aromatic nitrogens is 2. The van der Waals surface area contributed by atoms with Gasteiger partial charge in [-0.25, -0.2) is 4.98 Å². The predicted molar refractivity (Wildman–Crippen MR) is 87.8 cm³/mol. The molecule has 0 amide bonds. The Labute approximate surface area is 127 Å². The van der Waals surface area contributed by atoms with E-state index in [0.29, 0.717) is 10.5 Å². The van der Waals surface area contributed by atoms with E-state index >= 15 is 0 Å². The molecule has 3 N–H and O–H groups in total. The van der Waals surface area contributed by atoms with Crippen LogP contribution >= 0.6 is 23.1 Å². The SMILES string of the molecule is CCc1cc2c(=O)[nH]c(SCC(N)(CC)CC)nc2s1. The van der Waals surface area contributed by atoms with Gasteiger partial charge in [0.2, 0.25) is 0 Å². The molecule has 0 saturated heterocycles. The molecular formula is C14H21N3OS2. The molecule has 0 spiro atoms. The fourth-order valence-electron chi connectivity index (χ4n) is 1.87. The lowest BCUT2D eigenvalue weighted by atomic mass is 9.97. The van der Waals surface area contributed by atoms with Crippen molar-refractivity contribution >= 4 is 33.3 Å². The van der Waals surface area contributed by atoms with Gasteiger partial charge < -0.3 is 10.7 Å². The topological polar surface area (TPSA) is 71.8 Å². The van der Waals surface area contributed by atoms with E-state index in [2.05, 4.69) is 30.7 Å². The number of thioether (sulfide) groups is 1. The van der Waals surface area contributed by atoms with Gasteiger partial charge >= 0.3 is 0 Å². The van der Waals surface area contributed by atoms with Crippen molar-refractivity contribution in [2.75, 3.05) is 5.75 Å². The van der Waals surface area contributed by atoms with Gasteiger partial charge in [0, 0.05) is 16.2 Å². The average Bonchev–Trinajstić information content (AvgIpc) is 2.88. The predicted octanol–water partition coefficient (Wildman–Crippen LogP) is 3.16. The molecule has 20 heavy (non-hydrogen) atoms. The number of nitrogens with one attached hydrogen (secondary N) is 1. The molecule has 6 heteroatoms. The Morgan fingerprint density at radius 2 is 2.10 bits per heavy atom. The van der Waals surface area contributed by atoms with E-state index in [4.69, 9.17) is 5.73 Å². The normalized spacial score (nSPS) is 12.2. The fraction of sp³-hybridized carbons (Fsp3) is 0.571. The molecule has 2 aromatic heterocycles. The number of fused-ring (bicyclic) bond motifs is 1. The summed E-state index contributed by atoms with van der Waals surface area (Å²) in [4.78, 5) is 21.5. The number of nitrogens with zero attached hydrogens (tertiary/aromatic N) is 1. The lowest BCUT2D eigenvalue weighted by Crippen LogP contribution is -2.41. The van der Waals surface area contributed by atoms with Crippen LogP contribution in [-0.2, 0) is 6.42 Å². The Hall–Kier alpha value is -0.850. The molecule has 2 rings (SSSR count). The molecule has 0 aliphatic rings. The van der Waals surface area contributed by atoms with Crippen LogP contribution in [-0.4, -0.2) is 21.3 Å². The second-order valence-corrected chi connectivity index (χ2v) is 7.09. The summed E-state index contributed by atoms with van der Waals surface area (Å²) in [6, 6.07) is 1.94. The maximum Gasteiger partial charge on any atom is 0.260 e. The first-order valence-corrected chi connectivity index (χ1v) is 8.76. The van der Waals surface area contributed by atoms with E-state index in [9.17, 15) is 4.79 Å². The van der Waals surface area contributed by atoms with Gasteiger partial charge in [0.05, 0.1) is 5.39 Å². The van der Waals surface area contributed by atoms with E-state index in [1.165, 1.54) is 16.6 Å². The molecule has 0 saturated carbocycles. The zero-order valence-corrected chi connectivity index (χ0v) is 13.8. The highest BCUT2D eigenvalue weighted by Crippen LogP contribution is 2.26. The number of thiophene rings is 1. The molecule has 110 valence electrons. The number of hydrogen-bond donors (Lipinski definition) is 2. The monoisotopic (exact) mass is 311 g/mol. The fourth-order valence-corrected chi connectivity index (χ4v) is 4.05. The summed E-state index contributed by atoms with van der Waals surface area (Å²) in [6.45, 7) is 6.27. The average molecular weight is 311 g/mol. The molecule has 0 radical (unpaired) electrons. The summed E-state index contributed by atoms with van der Waals surface area (Å²) in [7, 11) is 0. The van der Waals surface area contributed by atoms with Crippen molar-refractivity contribution in [2.24, 2.45) is 5.73 Å². The van der Waals surface area contributed by atoms with Crippen molar-refractivity contribution in [1.29, 1.82) is 0 Å². The summed E-state index contributed by atoms with van der Waals surface area (Å²) >= 11 is 3.13. The number of H-pyrrole nitrogens is 1. The molecule has 2 aromatic rings. The first kappa shape index (κ1) is 15.5. The smallest absolute Gasteiger partial charge is 0.260 e.